The molecule has 0 aliphatic carbocycles. The van der Waals surface area contributed by atoms with Crippen LogP contribution >= 0.6 is 23.2 Å². The van der Waals surface area contributed by atoms with Gasteiger partial charge in [0.25, 0.3) is 0 Å². The Morgan fingerprint density at radius 3 is 2.39 bits per heavy atom. The summed E-state index contributed by atoms with van der Waals surface area (Å²) < 4.78 is 11.3. The number of carboxylic acid groups (broad SMARTS) is 1. The minimum atomic E-state index is -0.785. The number of carboxylic acids is 1. The first kappa shape index (κ1) is 20.8. The van der Waals surface area contributed by atoms with Gasteiger partial charge in [0, 0.05) is 6.54 Å². The van der Waals surface area contributed by atoms with E-state index in [0.717, 1.165) is 24.1 Å². The van der Waals surface area contributed by atoms with E-state index in [-0.39, 0.29) is 6.04 Å². The molecule has 5 nitrogen and oxygen atoms in total. The Hall–Kier alpha value is -1.95. The van der Waals surface area contributed by atoms with Crippen molar-refractivity contribution in [3.8, 4) is 11.5 Å². The van der Waals surface area contributed by atoms with E-state index in [0.29, 0.717) is 34.5 Å². The summed E-state index contributed by atoms with van der Waals surface area (Å²) >= 11 is 12.9. The van der Waals surface area contributed by atoms with Crippen LogP contribution in [0.5, 0.6) is 11.5 Å². The summed E-state index contributed by atoms with van der Waals surface area (Å²) in [4.78, 5) is 13.8. The number of rotatable bonds is 6. The monoisotopic (exact) mass is 423 g/mol. The van der Waals surface area contributed by atoms with Gasteiger partial charge in [0.2, 0.25) is 0 Å². The van der Waals surface area contributed by atoms with Gasteiger partial charge in [-0.05, 0) is 43.1 Å². The van der Waals surface area contributed by atoms with E-state index in [1.165, 1.54) is 0 Å². The van der Waals surface area contributed by atoms with Gasteiger partial charge in [-0.3, -0.25) is 9.69 Å². The molecule has 0 bridgehead atoms. The molecule has 1 heterocycles. The average Bonchev–Trinajstić information content (AvgIpc) is 2.71. The first-order chi connectivity index (χ1) is 13.5. The number of methoxy groups -OCH3 is 2. The lowest BCUT2D eigenvalue weighted by Gasteiger charge is -2.38. The molecule has 0 spiro atoms. The molecule has 150 valence electrons. The summed E-state index contributed by atoms with van der Waals surface area (Å²) in [6, 6.07) is 10.7. The highest BCUT2D eigenvalue weighted by atomic mass is 35.5. The topological polar surface area (TPSA) is 59.0 Å². The van der Waals surface area contributed by atoms with E-state index in [2.05, 4.69) is 4.90 Å². The number of piperidine rings is 1. The van der Waals surface area contributed by atoms with Crippen LogP contribution in [0.15, 0.2) is 36.4 Å². The van der Waals surface area contributed by atoms with Crippen molar-refractivity contribution in [3.05, 3.63) is 57.6 Å². The van der Waals surface area contributed by atoms with Crippen LogP contribution in [-0.4, -0.2) is 43.3 Å². The third-order valence-corrected chi connectivity index (χ3v) is 6.02. The molecule has 0 amide bonds. The normalized spacial score (nSPS) is 18.5. The molecule has 7 heteroatoms. The van der Waals surface area contributed by atoms with Crippen molar-refractivity contribution >= 4 is 29.2 Å². The molecule has 28 heavy (non-hydrogen) atoms. The van der Waals surface area contributed by atoms with E-state index in [1.54, 1.807) is 20.3 Å². The molecule has 2 unspecified atom stereocenters. The largest absolute Gasteiger partial charge is 0.496 e. The molecular formula is C21H23Cl2NO4. The fourth-order valence-electron chi connectivity index (χ4n) is 3.86. The first-order valence-electron chi connectivity index (χ1n) is 9.09. The van der Waals surface area contributed by atoms with Gasteiger partial charge in [0.05, 0.1) is 41.8 Å². The molecule has 2 atom stereocenters. The van der Waals surface area contributed by atoms with Gasteiger partial charge in [-0.25, -0.2) is 0 Å². The van der Waals surface area contributed by atoms with Crippen molar-refractivity contribution in [1.29, 1.82) is 0 Å². The molecule has 0 aromatic heterocycles. The van der Waals surface area contributed by atoms with Crippen LogP contribution in [0.4, 0.5) is 0 Å². The van der Waals surface area contributed by atoms with Crippen LogP contribution in [0.25, 0.3) is 0 Å². The van der Waals surface area contributed by atoms with E-state index in [4.69, 9.17) is 32.7 Å². The van der Waals surface area contributed by atoms with E-state index < -0.39 is 11.9 Å². The summed E-state index contributed by atoms with van der Waals surface area (Å²) in [5, 5.41) is 10.4. The number of hydrogen-bond donors (Lipinski definition) is 1. The molecule has 1 fully saturated rings. The minimum Gasteiger partial charge on any atom is -0.496 e. The Morgan fingerprint density at radius 2 is 1.79 bits per heavy atom. The SMILES string of the molecule is COc1cccc(OC)c1C(c1cccc(Cl)c1Cl)N1CCCC(C(=O)O)C1. The number of hydrogen-bond acceptors (Lipinski definition) is 4. The van der Waals surface area contributed by atoms with E-state index in [9.17, 15) is 9.90 Å². The number of halogens is 2. The molecule has 2 aromatic carbocycles. The lowest BCUT2D eigenvalue weighted by atomic mass is 9.90. The average molecular weight is 424 g/mol. The summed E-state index contributed by atoms with van der Waals surface area (Å²) in [7, 11) is 3.20. The maximum absolute atomic E-state index is 11.6. The maximum atomic E-state index is 11.6. The smallest absolute Gasteiger partial charge is 0.307 e. The predicted octanol–water partition coefficient (Wildman–Crippen LogP) is 4.90. The Kier molecular flexibility index (Phi) is 6.70. The van der Waals surface area contributed by atoms with E-state index in [1.807, 2.05) is 30.3 Å². The van der Waals surface area contributed by atoms with Gasteiger partial charge >= 0.3 is 5.97 Å². The highest BCUT2D eigenvalue weighted by molar-refractivity contribution is 6.42. The zero-order chi connectivity index (χ0) is 20.3. The van der Waals surface area contributed by atoms with Crippen molar-refractivity contribution < 1.29 is 19.4 Å². The van der Waals surface area contributed by atoms with Crippen molar-refractivity contribution in [2.45, 2.75) is 18.9 Å². The van der Waals surface area contributed by atoms with E-state index >= 15 is 0 Å². The molecule has 0 saturated carbocycles. The summed E-state index contributed by atoms with van der Waals surface area (Å²) in [5.41, 5.74) is 1.60. The minimum absolute atomic E-state index is 0.348. The van der Waals surface area contributed by atoms with Crippen LogP contribution in [-0.2, 0) is 4.79 Å². The number of nitrogens with zero attached hydrogens (tertiary/aromatic N) is 1. The van der Waals surface area contributed by atoms with Crippen LogP contribution in [0, 0.1) is 5.92 Å². The molecule has 1 aliphatic rings. The molecule has 1 N–H and O–H groups in total. The van der Waals surface area contributed by atoms with Crippen molar-refractivity contribution in [2.24, 2.45) is 5.92 Å². The Balaban J connectivity index is 2.19. The number of benzene rings is 2. The Bertz CT molecular complexity index is 836. The molecule has 3 rings (SSSR count). The summed E-state index contributed by atoms with van der Waals surface area (Å²) in [6.07, 6.45) is 1.44. The van der Waals surface area contributed by atoms with Gasteiger partial charge in [-0.2, -0.15) is 0 Å². The molecule has 2 aromatic rings. The van der Waals surface area contributed by atoms with Gasteiger partial charge in [-0.15, -0.1) is 0 Å². The number of ether oxygens (including phenoxy) is 2. The second kappa shape index (κ2) is 9.03. The number of aliphatic carboxylic acids is 1. The molecule has 1 saturated heterocycles. The van der Waals surface area contributed by atoms with Crippen molar-refractivity contribution in [3.63, 3.8) is 0 Å². The van der Waals surface area contributed by atoms with Gasteiger partial charge in [0.1, 0.15) is 11.5 Å². The van der Waals surface area contributed by atoms with Gasteiger partial charge in [0.15, 0.2) is 0 Å². The Morgan fingerprint density at radius 1 is 1.14 bits per heavy atom. The lowest BCUT2D eigenvalue weighted by Crippen LogP contribution is -2.41. The summed E-state index contributed by atoms with van der Waals surface area (Å²) in [6.45, 7) is 1.14. The van der Waals surface area contributed by atoms with Crippen molar-refractivity contribution in [1.82, 2.24) is 4.90 Å². The summed E-state index contributed by atoms with van der Waals surface area (Å²) in [5.74, 6) is 0.0817. The van der Waals surface area contributed by atoms with Crippen molar-refractivity contribution in [2.75, 3.05) is 27.3 Å². The van der Waals surface area contributed by atoms with Crippen LogP contribution in [0.3, 0.4) is 0 Å². The zero-order valence-electron chi connectivity index (χ0n) is 15.8. The number of carbonyl (C=O) groups is 1. The molecule has 0 radical (unpaired) electrons. The predicted molar refractivity (Wildman–Crippen MR) is 110 cm³/mol. The van der Waals surface area contributed by atoms with Crippen LogP contribution in [0.1, 0.15) is 30.0 Å². The quantitative estimate of drug-likeness (QED) is 0.715. The molecular weight excluding hydrogens is 401 g/mol. The standard InChI is InChI=1S/C21H23Cl2NO4/c1-27-16-9-4-10-17(28-2)18(16)20(14-7-3-8-15(22)19(14)23)24-11-5-6-13(12-24)21(25)26/h3-4,7-10,13,20H,5-6,11-12H2,1-2H3,(H,25,26). The molecule has 1 aliphatic heterocycles. The fraction of sp³-hybridized carbons (Fsp3) is 0.381. The highest BCUT2D eigenvalue weighted by Gasteiger charge is 2.35. The second-order valence-corrected chi connectivity index (χ2v) is 7.58. The first-order valence-corrected chi connectivity index (χ1v) is 9.85. The van der Waals surface area contributed by atoms with Gasteiger partial charge < -0.3 is 14.6 Å². The van der Waals surface area contributed by atoms with Gasteiger partial charge in [-0.1, -0.05) is 41.4 Å². The Labute approximate surface area is 174 Å². The second-order valence-electron chi connectivity index (χ2n) is 6.79. The van der Waals surface area contributed by atoms with Crippen LogP contribution in [0.2, 0.25) is 10.0 Å². The zero-order valence-corrected chi connectivity index (χ0v) is 17.3. The lowest BCUT2D eigenvalue weighted by molar-refractivity contribution is -0.143. The fourth-order valence-corrected chi connectivity index (χ4v) is 4.27. The maximum Gasteiger partial charge on any atom is 0.307 e. The number of likely N-dealkylation sites (tertiary alicyclic amines) is 1. The van der Waals surface area contributed by atoms with Crippen LogP contribution < -0.4 is 9.47 Å². The third kappa shape index (κ3) is 4.07. The third-order valence-electron chi connectivity index (χ3n) is 5.18. The highest BCUT2D eigenvalue weighted by Crippen LogP contribution is 2.45.